The van der Waals surface area contributed by atoms with E-state index in [2.05, 4.69) is 26.3 Å². The Hall–Kier alpha value is -0.560. The van der Waals surface area contributed by atoms with Gasteiger partial charge in [0.25, 0.3) is 0 Å². The van der Waals surface area contributed by atoms with Crippen LogP contribution < -0.4 is 5.32 Å². The average molecular weight is 342 g/mol. The second-order valence-corrected chi connectivity index (χ2v) is 5.53. The summed E-state index contributed by atoms with van der Waals surface area (Å²) in [6, 6.07) is -0.251. The highest BCUT2D eigenvalue weighted by Crippen LogP contribution is 2.32. The molecule has 0 spiro atoms. The van der Waals surface area contributed by atoms with E-state index in [1.807, 2.05) is 20.8 Å². The van der Waals surface area contributed by atoms with Gasteiger partial charge in [-0.05, 0) is 42.7 Å². The molecule has 0 aliphatic rings. The summed E-state index contributed by atoms with van der Waals surface area (Å²) in [7, 11) is 0. The van der Waals surface area contributed by atoms with Crippen molar-refractivity contribution in [3.05, 3.63) is 16.4 Å². The summed E-state index contributed by atoms with van der Waals surface area (Å²) in [5.41, 5.74) is 0.779. The zero-order chi connectivity index (χ0) is 14.6. The zero-order valence-electron chi connectivity index (χ0n) is 11.3. The minimum absolute atomic E-state index is 0.00829. The van der Waals surface area contributed by atoms with Crippen molar-refractivity contribution >= 4 is 15.9 Å². The van der Waals surface area contributed by atoms with Crippen LogP contribution in [0.5, 0.6) is 0 Å². The molecule has 0 fully saturated rings. The van der Waals surface area contributed by atoms with Gasteiger partial charge in [-0.15, -0.1) is 0 Å². The molecule has 1 aromatic rings. The van der Waals surface area contributed by atoms with Crippen molar-refractivity contribution in [1.82, 2.24) is 15.1 Å². The van der Waals surface area contributed by atoms with Gasteiger partial charge in [0, 0.05) is 12.5 Å². The lowest BCUT2D eigenvalue weighted by Gasteiger charge is -2.22. The number of hydrogen-bond donors (Lipinski definition) is 1. The first-order valence-electron chi connectivity index (χ1n) is 6.29. The molecule has 1 unspecified atom stereocenters. The van der Waals surface area contributed by atoms with Crippen LogP contribution >= 0.6 is 15.9 Å². The first kappa shape index (κ1) is 16.5. The molecule has 1 atom stereocenters. The summed E-state index contributed by atoms with van der Waals surface area (Å²) in [5, 5.41) is 7.31. The van der Waals surface area contributed by atoms with Crippen molar-refractivity contribution in [3.8, 4) is 0 Å². The molecule has 0 aliphatic heterocycles. The standard InChI is InChI=1S/C12H19BrF3N3/c1-4-17-10(5-6-12(14,15)16)11-9(13)7-18-19(11)8(2)3/h7-8,10,17H,4-6H2,1-3H3. The van der Waals surface area contributed by atoms with E-state index in [4.69, 9.17) is 0 Å². The molecule has 0 aromatic carbocycles. The maximum absolute atomic E-state index is 12.4. The van der Waals surface area contributed by atoms with Crippen LogP contribution in [0, 0.1) is 0 Å². The van der Waals surface area contributed by atoms with Crippen molar-refractivity contribution in [3.63, 3.8) is 0 Å². The van der Waals surface area contributed by atoms with Gasteiger partial charge in [0.05, 0.1) is 22.4 Å². The van der Waals surface area contributed by atoms with Gasteiger partial charge >= 0.3 is 6.18 Å². The van der Waals surface area contributed by atoms with E-state index in [-0.39, 0.29) is 18.5 Å². The summed E-state index contributed by atoms with van der Waals surface area (Å²) in [6.45, 7) is 6.40. The Morgan fingerprint density at radius 1 is 1.42 bits per heavy atom. The Kier molecular flexibility index (Phi) is 5.85. The Labute approximate surface area is 119 Å². The van der Waals surface area contributed by atoms with Gasteiger partial charge in [0.15, 0.2) is 0 Å². The van der Waals surface area contributed by atoms with E-state index in [0.717, 1.165) is 10.2 Å². The van der Waals surface area contributed by atoms with E-state index in [0.29, 0.717) is 6.54 Å². The molecule has 0 bridgehead atoms. The molecule has 0 saturated heterocycles. The van der Waals surface area contributed by atoms with E-state index >= 15 is 0 Å². The van der Waals surface area contributed by atoms with Crippen molar-refractivity contribution < 1.29 is 13.2 Å². The van der Waals surface area contributed by atoms with Gasteiger partial charge in [-0.25, -0.2) is 0 Å². The summed E-state index contributed by atoms with van der Waals surface area (Å²) in [5.74, 6) is 0. The molecule has 7 heteroatoms. The Morgan fingerprint density at radius 3 is 2.53 bits per heavy atom. The molecule has 19 heavy (non-hydrogen) atoms. The number of rotatable bonds is 6. The molecule has 1 N–H and O–H groups in total. The highest BCUT2D eigenvalue weighted by atomic mass is 79.9. The number of halogens is 4. The van der Waals surface area contributed by atoms with E-state index < -0.39 is 12.6 Å². The molecule has 0 radical (unpaired) electrons. The van der Waals surface area contributed by atoms with E-state index in [1.165, 1.54) is 0 Å². The van der Waals surface area contributed by atoms with Gasteiger partial charge in [-0.3, -0.25) is 4.68 Å². The van der Waals surface area contributed by atoms with Crippen LogP contribution in [0.2, 0.25) is 0 Å². The van der Waals surface area contributed by atoms with Crippen LogP contribution in [-0.4, -0.2) is 22.5 Å². The van der Waals surface area contributed by atoms with Crippen LogP contribution in [0.4, 0.5) is 13.2 Å². The predicted molar refractivity (Wildman–Crippen MR) is 72.0 cm³/mol. The lowest BCUT2D eigenvalue weighted by atomic mass is 10.1. The monoisotopic (exact) mass is 341 g/mol. The number of nitrogens with one attached hydrogen (secondary N) is 1. The topological polar surface area (TPSA) is 29.9 Å². The quantitative estimate of drug-likeness (QED) is 0.839. The van der Waals surface area contributed by atoms with Crippen molar-refractivity contribution in [1.29, 1.82) is 0 Å². The van der Waals surface area contributed by atoms with Crippen LogP contribution in [-0.2, 0) is 0 Å². The van der Waals surface area contributed by atoms with E-state index in [9.17, 15) is 13.2 Å². The van der Waals surface area contributed by atoms with Crippen molar-refractivity contribution in [2.24, 2.45) is 0 Å². The highest BCUT2D eigenvalue weighted by molar-refractivity contribution is 9.10. The van der Waals surface area contributed by atoms with Crippen molar-refractivity contribution in [2.75, 3.05) is 6.54 Å². The highest BCUT2D eigenvalue weighted by Gasteiger charge is 2.30. The number of aromatic nitrogens is 2. The maximum atomic E-state index is 12.4. The Bertz CT molecular complexity index is 401. The Balaban J connectivity index is 2.95. The average Bonchev–Trinajstić information content (AvgIpc) is 2.65. The zero-order valence-corrected chi connectivity index (χ0v) is 12.8. The number of hydrogen-bond acceptors (Lipinski definition) is 2. The third-order valence-electron chi connectivity index (χ3n) is 2.77. The molecule has 110 valence electrons. The van der Waals surface area contributed by atoms with E-state index in [1.54, 1.807) is 10.9 Å². The third-order valence-corrected chi connectivity index (χ3v) is 3.38. The SMILES string of the molecule is CCNC(CCC(F)(F)F)c1c(Br)cnn1C(C)C. The molecule has 3 nitrogen and oxygen atoms in total. The van der Waals surface area contributed by atoms with Gasteiger partial charge < -0.3 is 5.32 Å². The fraction of sp³-hybridized carbons (Fsp3) is 0.750. The molecular formula is C12H19BrF3N3. The number of alkyl halides is 3. The predicted octanol–water partition coefficient (Wildman–Crippen LogP) is 4.22. The minimum Gasteiger partial charge on any atom is -0.309 e. The fourth-order valence-electron chi connectivity index (χ4n) is 1.98. The summed E-state index contributed by atoms with van der Waals surface area (Å²) < 4.78 is 39.7. The minimum atomic E-state index is -4.14. The summed E-state index contributed by atoms with van der Waals surface area (Å²) in [6.07, 6.45) is -3.30. The second kappa shape index (κ2) is 6.74. The summed E-state index contributed by atoms with van der Waals surface area (Å²) in [4.78, 5) is 0. The molecule has 1 rings (SSSR count). The summed E-state index contributed by atoms with van der Waals surface area (Å²) >= 11 is 3.37. The normalized spacial score (nSPS) is 14.1. The van der Waals surface area contributed by atoms with Crippen LogP contribution in [0.1, 0.15) is 51.4 Å². The first-order chi connectivity index (χ1) is 8.76. The molecule has 1 heterocycles. The maximum Gasteiger partial charge on any atom is 0.389 e. The molecule has 1 aromatic heterocycles. The fourth-order valence-corrected chi connectivity index (χ4v) is 2.53. The van der Waals surface area contributed by atoms with Gasteiger partial charge in [0.1, 0.15) is 0 Å². The van der Waals surface area contributed by atoms with Gasteiger partial charge in [-0.2, -0.15) is 18.3 Å². The molecule has 0 amide bonds. The largest absolute Gasteiger partial charge is 0.389 e. The van der Waals surface area contributed by atoms with Crippen LogP contribution in [0.25, 0.3) is 0 Å². The molecule has 0 saturated carbocycles. The second-order valence-electron chi connectivity index (χ2n) is 4.68. The molecule has 0 aliphatic carbocycles. The Morgan fingerprint density at radius 2 is 2.05 bits per heavy atom. The van der Waals surface area contributed by atoms with Gasteiger partial charge in [-0.1, -0.05) is 6.92 Å². The lowest BCUT2D eigenvalue weighted by Crippen LogP contribution is -2.26. The van der Waals surface area contributed by atoms with Gasteiger partial charge in [0.2, 0.25) is 0 Å². The third kappa shape index (κ3) is 4.80. The lowest BCUT2D eigenvalue weighted by molar-refractivity contribution is -0.136. The van der Waals surface area contributed by atoms with Crippen LogP contribution in [0.3, 0.4) is 0 Å². The first-order valence-corrected chi connectivity index (χ1v) is 7.08. The van der Waals surface area contributed by atoms with Crippen molar-refractivity contribution in [2.45, 2.75) is 51.9 Å². The van der Waals surface area contributed by atoms with Crippen LogP contribution in [0.15, 0.2) is 10.7 Å². The molecular weight excluding hydrogens is 323 g/mol. The smallest absolute Gasteiger partial charge is 0.309 e. The number of nitrogens with zero attached hydrogens (tertiary/aromatic N) is 2.